The first kappa shape index (κ1) is 11.6. The zero-order valence-corrected chi connectivity index (χ0v) is 9.55. The van der Waals surface area contributed by atoms with Crippen molar-refractivity contribution in [2.24, 2.45) is 5.84 Å². The van der Waals surface area contributed by atoms with Gasteiger partial charge in [0.2, 0.25) is 0 Å². The SMILES string of the molecule is NNC(=O)c1ccc(Cn2cc(Cl)cn2)nc1. The first-order chi connectivity index (χ1) is 8.19. The van der Waals surface area contributed by atoms with Crippen LogP contribution in [0.5, 0.6) is 0 Å². The number of halogens is 1. The molecule has 2 rings (SSSR count). The summed E-state index contributed by atoms with van der Waals surface area (Å²) in [5.74, 6) is 4.64. The van der Waals surface area contributed by atoms with E-state index in [1.54, 1.807) is 29.2 Å². The molecule has 2 aromatic rings. The highest BCUT2D eigenvalue weighted by Gasteiger charge is 2.04. The molecule has 0 aromatic carbocycles. The Bertz CT molecular complexity index is 522. The highest BCUT2D eigenvalue weighted by molar-refractivity contribution is 6.30. The summed E-state index contributed by atoms with van der Waals surface area (Å²) in [6.07, 6.45) is 4.71. The number of nitrogens with one attached hydrogen (secondary N) is 1. The van der Waals surface area contributed by atoms with Gasteiger partial charge in [-0.1, -0.05) is 11.6 Å². The number of pyridine rings is 1. The van der Waals surface area contributed by atoms with Crippen LogP contribution in [-0.4, -0.2) is 20.7 Å². The van der Waals surface area contributed by atoms with Crippen molar-refractivity contribution in [1.82, 2.24) is 20.2 Å². The first-order valence-corrected chi connectivity index (χ1v) is 5.20. The maximum absolute atomic E-state index is 11.2. The molecule has 2 aromatic heterocycles. The number of hydrogen-bond acceptors (Lipinski definition) is 4. The molecule has 0 unspecified atom stereocenters. The maximum atomic E-state index is 11.2. The summed E-state index contributed by atoms with van der Waals surface area (Å²) < 4.78 is 1.66. The number of nitrogen functional groups attached to an aromatic ring is 1. The molecule has 0 saturated carbocycles. The summed E-state index contributed by atoms with van der Waals surface area (Å²) in [5, 5.41) is 4.60. The van der Waals surface area contributed by atoms with Gasteiger partial charge < -0.3 is 0 Å². The lowest BCUT2D eigenvalue weighted by Crippen LogP contribution is -2.30. The van der Waals surface area contributed by atoms with Crippen molar-refractivity contribution in [3.8, 4) is 0 Å². The Morgan fingerprint density at radius 1 is 1.47 bits per heavy atom. The van der Waals surface area contributed by atoms with E-state index in [9.17, 15) is 4.79 Å². The van der Waals surface area contributed by atoms with Gasteiger partial charge in [0, 0.05) is 12.4 Å². The Morgan fingerprint density at radius 2 is 2.29 bits per heavy atom. The maximum Gasteiger partial charge on any atom is 0.266 e. The van der Waals surface area contributed by atoms with Gasteiger partial charge in [-0.3, -0.25) is 19.9 Å². The Labute approximate surface area is 102 Å². The predicted molar refractivity (Wildman–Crippen MR) is 62.2 cm³/mol. The molecule has 7 heteroatoms. The van der Waals surface area contributed by atoms with Crippen molar-refractivity contribution in [2.75, 3.05) is 0 Å². The molecule has 0 atom stereocenters. The van der Waals surface area contributed by atoms with Gasteiger partial charge in [-0.05, 0) is 12.1 Å². The van der Waals surface area contributed by atoms with Gasteiger partial charge in [0.1, 0.15) is 0 Å². The number of amides is 1. The molecule has 0 aliphatic carbocycles. The predicted octanol–water partition coefficient (Wildman–Crippen LogP) is 0.583. The number of rotatable bonds is 3. The molecule has 0 radical (unpaired) electrons. The smallest absolute Gasteiger partial charge is 0.266 e. The van der Waals surface area contributed by atoms with Crippen LogP contribution >= 0.6 is 11.6 Å². The van der Waals surface area contributed by atoms with Crippen molar-refractivity contribution in [1.29, 1.82) is 0 Å². The lowest BCUT2D eigenvalue weighted by molar-refractivity contribution is 0.0953. The van der Waals surface area contributed by atoms with Crippen molar-refractivity contribution in [2.45, 2.75) is 6.54 Å². The molecule has 3 N–H and O–H groups in total. The number of nitrogens with zero attached hydrogens (tertiary/aromatic N) is 3. The lowest BCUT2D eigenvalue weighted by atomic mass is 10.2. The summed E-state index contributed by atoms with van der Waals surface area (Å²) in [7, 11) is 0. The monoisotopic (exact) mass is 251 g/mol. The van der Waals surface area contributed by atoms with Crippen LogP contribution < -0.4 is 11.3 Å². The van der Waals surface area contributed by atoms with Gasteiger partial charge in [0.05, 0.1) is 29.0 Å². The second-order valence-electron chi connectivity index (χ2n) is 3.37. The van der Waals surface area contributed by atoms with Crippen LogP contribution in [0.1, 0.15) is 16.1 Å². The summed E-state index contributed by atoms with van der Waals surface area (Å²) in [4.78, 5) is 15.3. The minimum atomic E-state index is -0.369. The van der Waals surface area contributed by atoms with Crippen LogP contribution in [0.2, 0.25) is 5.02 Å². The molecule has 0 saturated heterocycles. The van der Waals surface area contributed by atoms with E-state index < -0.39 is 0 Å². The largest absolute Gasteiger partial charge is 0.290 e. The Morgan fingerprint density at radius 3 is 2.82 bits per heavy atom. The van der Waals surface area contributed by atoms with E-state index in [2.05, 4.69) is 10.1 Å². The van der Waals surface area contributed by atoms with Gasteiger partial charge in [-0.25, -0.2) is 5.84 Å². The fraction of sp³-hybridized carbons (Fsp3) is 0.100. The van der Waals surface area contributed by atoms with Crippen LogP contribution in [0.15, 0.2) is 30.7 Å². The number of aromatic nitrogens is 3. The van der Waals surface area contributed by atoms with E-state index in [-0.39, 0.29) is 5.91 Å². The average molecular weight is 252 g/mol. The van der Waals surface area contributed by atoms with Gasteiger partial charge in [-0.2, -0.15) is 5.10 Å². The second-order valence-corrected chi connectivity index (χ2v) is 3.80. The number of nitrogens with two attached hydrogens (primary N) is 1. The normalized spacial score (nSPS) is 10.2. The van der Waals surface area contributed by atoms with Crippen LogP contribution in [0, 0.1) is 0 Å². The van der Waals surface area contributed by atoms with E-state index in [1.165, 1.54) is 6.20 Å². The van der Waals surface area contributed by atoms with Gasteiger partial charge in [0.25, 0.3) is 5.91 Å². The highest BCUT2D eigenvalue weighted by atomic mass is 35.5. The van der Waals surface area contributed by atoms with Crippen molar-refractivity contribution >= 4 is 17.5 Å². The van der Waals surface area contributed by atoms with Crippen molar-refractivity contribution < 1.29 is 4.79 Å². The molecule has 0 fully saturated rings. The zero-order chi connectivity index (χ0) is 12.3. The second kappa shape index (κ2) is 4.94. The van der Waals surface area contributed by atoms with Crippen LogP contribution in [-0.2, 0) is 6.54 Å². The lowest BCUT2D eigenvalue weighted by Gasteiger charge is -2.02. The Kier molecular flexibility index (Phi) is 3.36. The molecule has 0 spiro atoms. The quantitative estimate of drug-likeness (QED) is 0.475. The molecule has 6 nitrogen and oxygen atoms in total. The molecule has 2 heterocycles. The molecule has 0 aliphatic rings. The third-order valence-corrected chi connectivity index (χ3v) is 2.34. The number of carbonyl (C=O) groups excluding carboxylic acids is 1. The molecule has 17 heavy (non-hydrogen) atoms. The minimum Gasteiger partial charge on any atom is -0.290 e. The average Bonchev–Trinajstić information content (AvgIpc) is 2.75. The standard InChI is InChI=1S/C10H10ClN5O/c11-8-4-14-16(5-8)6-9-2-1-7(3-13-9)10(17)15-12/h1-5H,6,12H2,(H,15,17). The van der Waals surface area contributed by atoms with Crippen molar-refractivity contribution in [3.63, 3.8) is 0 Å². The van der Waals surface area contributed by atoms with E-state index in [0.717, 1.165) is 5.69 Å². The summed E-state index contributed by atoms with van der Waals surface area (Å²) in [5.41, 5.74) is 3.23. The third-order valence-electron chi connectivity index (χ3n) is 2.14. The van der Waals surface area contributed by atoms with E-state index in [4.69, 9.17) is 17.4 Å². The van der Waals surface area contributed by atoms with E-state index in [1.807, 2.05) is 5.43 Å². The van der Waals surface area contributed by atoms with Gasteiger partial charge in [-0.15, -0.1) is 0 Å². The fourth-order valence-electron chi connectivity index (χ4n) is 1.33. The Hall–Kier alpha value is -1.92. The molecular formula is C10H10ClN5O. The third kappa shape index (κ3) is 2.80. The molecule has 1 amide bonds. The molecule has 0 bridgehead atoms. The summed E-state index contributed by atoms with van der Waals surface area (Å²) in [6.45, 7) is 0.497. The number of carbonyl (C=O) groups is 1. The van der Waals surface area contributed by atoms with Gasteiger partial charge >= 0.3 is 0 Å². The Balaban J connectivity index is 2.10. The van der Waals surface area contributed by atoms with Crippen molar-refractivity contribution in [3.05, 3.63) is 47.0 Å². The fourth-order valence-corrected chi connectivity index (χ4v) is 1.48. The van der Waals surface area contributed by atoms with E-state index >= 15 is 0 Å². The topological polar surface area (TPSA) is 85.8 Å². The van der Waals surface area contributed by atoms with Crippen LogP contribution in [0.4, 0.5) is 0 Å². The molecule has 88 valence electrons. The zero-order valence-electron chi connectivity index (χ0n) is 8.80. The first-order valence-electron chi connectivity index (χ1n) is 4.83. The van der Waals surface area contributed by atoms with Crippen LogP contribution in [0.25, 0.3) is 0 Å². The minimum absolute atomic E-state index is 0.369. The molecule has 0 aliphatic heterocycles. The molecular weight excluding hydrogens is 242 g/mol. The van der Waals surface area contributed by atoms with Crippen LogP contribution in [0.3, 0.4) is 0 Å². The summed E-state index contributed by atoms with van der Waals surface area (Å²) >= 11 is 5.74. The number of hydrazine groups is 1. The summed E-state index contributed by atoms with van der Waals surface area (Å²) in [6, 6.07) is 3.38. The highest BCUT2D eigenvalue weighted by Crippen LogP contribution is 2.07. The number of hydrogen-bond donors (Lipinski definition) is 2. The van der Waals surface area contributed by atoms with E-state index in [0.29, 0.717) is 17.1 Å². The van der Waals surface area contributed by atoms with Gasteiger partial charge in [0.15, 0.2) is 0 Å².